The lowest BCUT2D eigenvalue weighted by atomic mass is 10.1. The van der Waals surface area contributed by atoms with Gasteiger partial charge in [-0.05, 0) is 53.5 Å². The average molecular weight is 467 g/mol. The molecule has 0 unspecified atom stereocenters. The molecule has 9 heteroatoms. The molecule has 0 fully saturated rings. The lowest BCUT2D eigenvalue weighted by Crippen LogP contribution is -2.25. The molecule has 2 N–H and O–H groups in total. The summed E-state index contributed by atoms with van der Waals surface area (Å²) >= 11 is 3.42. The third-order valence-corrected chi connectivity index (χ3v) is 5.18. The van der Waals surface area contributed by atoms with Crippen molar-refractivity contribution in [2.24, 2.45) is 0 Å². The fourth-order valence-corrected chi connectivity index (χ4v) is 3.52. The van der Waals surface area contributed by atoms with Gasteiger partial charge >= 0.3 is 0 Å². The van der Waals surface area contributed by atoms with Gasteiger partial charge in [-0.3, -0.25) is 14.6 Å². The van der Waals surface area contributed by atoms with Crippen molar-refractivity contribution in [3.8, 4) is 11.4 Å². The standard InChI is InChI=1S/C21H19BrN6O2/c1-13-17(21(30)27-20(25-13)14-6-8-23-9-7-14)3-5-19(29)24-10-16-12-28-11-15(22)2-4-18(28)26-16/h2,4,6-9,11-12H,3,5,10H2,1H3,(H,24,29)(H,25,27,30). The van der Waals surface area contributed by atoms with E-state index in [1.54, 1.807) is 31.5 Å². The molecule has 152 valence electrons. The van der Waals surface area contributed by atoms with Gasteiger partial charge in [0.05, 0.1) is 12.2 Å². The summed E-state index contributed by atoms with van der Waals surface area (Å²) in [7, 11) is 0. The van der Waals surface area contributed by atoms with Crippen molar-refractivity contribution in [2.75, 3.05) is 0 Å². The first-order valence-electron chi connectivity index (χ1n) is 9.39. The van der Waals surface area contributed by atoms with Crippen LogP contribution in [0.5, 0.6) is 0 Å². The minimum absolute atomic E-state index is 0.148. The monoisotopic (exact) mass is 466 g/mol. The van der Waals surface area contributed by atoms with Crippen LogP contribution in [0.25, 0.3) is 17.0 Å². The van der Waals surface area contributed by atoms with Crippen molar-refractivity contribution in [3.63, 3.8) is 0 Å². The smallest absolute Gasteiger partial charge is 0.254 e. The number of aromatic amines is 1. The Morgan fingerprint density at radius 1 is 1.17 bits per heavy atom. The SMILES string of the molecule is Cc1nc(-c2ccncc2)[nH]c(=O)c1CCC(=O)NCc1cn2cc(Br)ccc2n1. The van der Waals surface area contributed by atoms with E-state index in [1.807, 2.05) is 28.9 Å². The number of fused-ring (bicyclic) bond motifs is 1. The zero-order chi connectivity index (χ0) is 21.1. The molecule has 0 bridgehead atoms. The predicted octanol–water partition coefficient (Wildman–Crippen LogP) is 2.80. The van der Waals surface area contributed by atoms with Crippen LogP contribution in [0.3, 0.4) is 0 Å². The van der Waals surface area contributed by atoms with E-state index in [-0.39, 0.29) is 17.9 Å². The summed E-state index contributed by atoms with van der Waals surface area (Å²) in [6.07, 6.45) is 7.58. The maximum Gasteiger partial charge on any atom is 0.254 e. The summed E-state index contributed by atoms with van der Waals surface area (Å²) in [6.45, 7) is 2.11. The van der Waals surface area contributed by atoms with Crippen molar-refractivity contribution in [2.45, 2.75) is 26.3 Å². The number of rotatable bonds is 6. The van der Waals surface area contributed by atoms with Crippen molar-refractivity contribution < 1.29 is 4.79 Å². The Hall–Kier alpha value is -3.33. The van der Waals surface area contributed by atoms with E-state index >= 15 is 0 Å². The maximum atomic E-state index is 12.5. The average Bonchev–Trinajstić information content (AvgIpc) is 3.14. The van der Waals surface area contributed by atoms with E-state index in [1.165, 1.54) is 0 Å². The van der Waals surface area contributed by atoms with Crippen molar-refractivity contribution in [1.29, 1.82) is 0 Å². The van der Waals surface area contributed by atoms with Gasteiger partial charge in [0, 0.05) is 52.5 Å². The van der Waals surface area contributed by atoms with Crippen LogP contribution in [-0.4, -0.2) is 30.2 Å². The molecule has 0 saturated carbocycles. The Kier molecular flexibility index (Phi) is 5.71. The first-order valence-corrected chi connectivity index (χ1v) is 10.2. The second-order valence-corrected chi connectivity index (χ2v) is 7.75. The number of amides is 1. The van der Waals surface area contributed by atoms with Gasteiger partial charge in [0.25, 0.3) is 5.56 Å². The Balaban J connectivity index is 1.38. The quantitative estimate of drug-likeness (QED) is 0.454. The van der Waals surface area contributed by atoms with Gasteiger partial charge in [-0.1, -0.05) is 0 Å². The van der Waals surface area contributed by atoms with Crippen LogP contribution in [0.15, 0.2) is 58.3 Å². The number of carbonyl (C=O) groups is 1. The van der Waals surface area contributed by atoms with Crippen molar-refractivity contribution >= 4 is 27.5 Å². The molecule has 0 spiro atoms. The molecule has 1 amide bonds. The van der Waals surface area contributed by atoms with Crippen LogP contribution in [0.2, 0.25) is 0 Å². The highest BCUT2D eigenvalue weighted by atomic mass is 79.9. The molecule has 0 aliphatic carbocycles. The van der Waals surface area contributed by atoms with Gasteiger partial charge in [-0.2, -0.15) is 0 Å². The van der Waals surface area contributed by atoms with Crippen LogP contribution in [-0.2, 0) is 17.8 Å². The van der Waals surface area contributed by atoms with Crippen LogP contribution < -0.4 is 10.9 Å². The zero-order valence-corrected chi connectivity index (χ0v) is 17.8. The number of imidazole rings is 1. The number of hydrogen-bond donors (Lipinski definition) is 2. The second-order valence-electron chi connectivity index (χ2n) is 6.84. The number of carbonyl (C=O) groups excluding carboxylic acids is 1. The zero-order valence-electron chi connectivity index (χ0n) is 16.2. The van der Waals surface area contributed by atoms with Crippen LogP contribution >= 0.6 is 15.9 Å². The first-order chi connectivity index (χ1) is 14.5. The number of aryl methyl sites for hydroxylation is 1. The number of nitrogens with zero attached hydrogens (tertiary/aromatic N) is 4. The van der Waals surface area contributed by atoms with Crippen molar-refractivity contribution in [3.05, 3.63) is 80.8 Å². The molecule has 0 aliphatic heterocycles. The Morgan fingerprint density at radius 2 is 1.97 bits per heavy atom. The van der Waals surface area contributed by atoms with Gasteiger partial charge in [0.1, 0.15) is 11.5 Å². The van der Waals surface area contributed by atoms with Gasteiger partial charge in [0.2, 0.25) is 5.91 Å². The summed E-state index contributed by atoms with van der Waals surface area (Å²) in [5.74, 6) is 0.344. The van der Waals surface area contributed by atoms with E-state index < -0.39 is 0 Å². The Morgan fingerprint density at radius 3 is 2.73 bits per heavy atom. The van der Waals surface area contributed by atoms with Gasteiger partial charge in [0.15, 0.2) is 0 Å². The molecular weight excluding hydrogens is 448 g/mol. The number of hydrogen-bond acceptors (Lipinski definition) is 5. The topological polar surface area (TPSA) is 105 Å². The fourth-order valence-electron chi connectivity index (χ4n) is 3.17. The number of aromatic nitrogens is 5. The van der Waals surface area contributed by atoms with E-state index in [4.69, 9.17) is 0 Å². The van der Waals surface area contributed by atoms with E-state index in [0.717, 1.165) is 21.4 Å². The number of nitrogens with one attached hydrogen (secondary N) is 2. The molecule has 30 heavy (non-hydrogen) atoms. The van der Waals surface area contributed by atoms with Crippen LogP contribution in [0, 0.1) is 6.92 Å². The van der Waals surface area contributed by atoms with E-state index in [2.05, 4.69) is 41.2 Å². The lowest BCUT2D eigenvalue weighted by molar-refractivity contribution is -0.121. The van der Waals surface area contributed by atoms with Gasteiger partial charge < -0.3 is 14.7 Å². The number of pyridine rings is 2. The summed E-state index contributed by atoms with van der Waals surface area (Å²) < 4.78 is 2.84. The molecule has 4 heterocycles. The minimum atomic E-state index is -0.229. The normalized spacial score (nSPS) is 11.0. The van der Waals surface area contributed by atoms with Crippen molar-refractivity contribution in [1.82, 2.24) is 29.7 Å². The highest BCUT2D eigenvalue weighted by Gasteiger charge is 2.12. The number of H-pyrrole nitrogens is 1. The maximum absolute atomic E-state index is 12.5. The predicted molar refractivity (Wildman–Crippen MR) is 116 cm³/mol. The molecule has 8 nitrogen and oxygen atoms in total. The van der Waals surface area contributed by atoms with E-state index in [9.17, 15) is 9.59 Å². The summed E-state index contributed by atoms with van der Waals surface area (Å²) in [5, 5.41) is 2.85. The Bertz CT molecular complexity index is 1270. The highest BCUT2D eigenvalue weighted by molar-refractivity contribution is 9.10. The highest BCUT2D eigenvalue weighted by Crippen LogP contribution is 2.14. The Labute approximate surface area is 180 Å². The third kappa shape index (κ3) is 4.46. The molecule has 0 aromatic carbocycles. The molecule has 4 aromatic rings. The molecule has 4 rings (SSSR count). The third-order valence-electron chi connectivity index (χ3n) is 4.71. The molecule has 4 aromatic heterocycles. The second kappa shape index (κ2) is 8.58. The number of halogens is 1. The van der Waals surface area contributed by atoms with Gasteiger partial charge in [-0.15, -0.1) is 0 Å². The largest absolute Gasteiger partial charge is 0.350 e. The minimum Gasteiger partial charge on any atom is -0.350 e. The summed E-state index contributed by atoms with van der Waals surface area (Å²) in [5.41, 5.74) is 3.26. The summed E-state index contributed by atoms with van der Waals surface area (Å²) in [4.78, 5) is 40.5. The molecule has 0 radical (unpaired) electrons. The fraction of sp³-hybridized carbons (Fsp3) is 0.190. The molecule has 0 atom stereocenters. The summed E-state index contributed by atoms with van der Waals surface area (Å²) in [6, 6.07) is 7.37. The van der Waals surface area contributed by atoms with Gasteiger partial charge in [-0.25, -0.2) is 9.97 Å². The van der Waals surface area contributed by atoms with E-state index in [0.29, 0.717) is 30.0 Å². The van der Waals surface area contributed by atoms with Crippen LogP contribution in [0.1, 0.15) is 23.4 Å². The molecular formula is C21H19BrN6O2. The molecule has 0 saturated heterocycles. The lowest BCUT2D eigenvalue weighted by Gasteiger charge is -2.08. The first kappa shape index (κ1) is 20.0. The molecule has 0 aliphatic rings. The van der Waals surface area contributed by atoms with Crippen LogP contribution in [0.4, 0.5) is 0 Å².